The fraction of sp³-hybridized carbons (Fsp3) is 0.300. The predicted octanol–water partition coefficient (Wildman–Crippen LogP) is 1.34. The number of rotatable bonds is 2. The Morgan fingerprint density at radius 1 is 1.64 bits per heavy atom. The Morgan fingerprint density at radius 2 is 2.43 bits per heavy atom. The van der Waals surface area contributed by atoms with Gasteiger partial charge in [0.25, 0.3) is 0 Å². The van der Waals surface area contributed by atoms with E-state index >= 15 is 0 Å². The van der Waals surface area contributed by atoms with Gasteiger partial charge in [0.2, 0.25) is 5.88 Å². The molecular formula is C10H12N2OS. The van der Waals surface area contributed by atoms with Gasteiger partial charge in [0.05, 0.1) is 24.6 Å². The van der Waals surface area contributed by atoms with Crippen LogP contribution in [0.15, 0.2) is 12.3 Å². The molecule has 14 heavy (non-hydrogen) atoms. The van der Waals surface area contributed by atoms with E-state index in [0.717, 1.165) is 12.2 Å². The Hall–Kier alpha value is -1.34. The van der Waals surface area contributed by atoms with Crippen molar-refractivity contribution in [3.05, 3.63) is 17.8 Å². The van der Waals surface area contributed by atoms with Gasteiger partial charge in [-0.2, -0.15) is 12.6 Å². The molecule has 0 atom stereocenters. The first-order valence-corrected chi connectivity index (χ1v) is 4.80. The van der Waals surface area contributed by atoms with Crippen molar-refractivity contribution in [2.24, 2.45) is 0 Å². The largest absolute Gasteiger partial charge is 0.480 e. The van der Waals surface area contributed by atoms with Gasteiger partial charge in [-0.1, -0.05) is 11.8 Å². The van der Waals surface area contributed by atoms with Gasteiger partial charge in [-0.15, -0.1) is 0 Å². The van der Waals surface area contributed by atoms with Crippen LogP contribution in [0, 0.1) is 11.8 Å². The highest BCUT2D eigenvalue weighted by atomic mass is 32.1. The summed E-state index contributed by atoms with van der Waals surface area (Å²) >= 11 is 4.06. The molecule has 0 amide bonds. The Bertz CT molecular complexity index is 368. The molecule has 0 aliphatic rings. The molecule has 0 saturated heterocycles. The quantitative estimate of drug-likeness (QED) is 0.569. The van der Waals surface area contributed by atoms with Crippen LogP contribution in [0.1, 0.15) is 12.0 Å². The van der Waals surface area contributed by atoms with Gasteiger partial charge < -0.3 is 10.5 Å². The number of thiol groups is 1. The summed E-state index contributed by atoms with van der Waals surface area (Å²) < 4.78 is 5.04. The van der Waals surface area contributed by atoms with E-state index in [-0.39, 0.29) is 0 Å². The summed E-state index contributed by atoms with van der Waals surface area (Å²) in [6.45, 7) is 0. The number of nitrogens with zero attached hydrogens (tertiary/aromatic N) is 1. The zero-order chi connectivity index (χ0) is 10.4. The van der Waals surface area contributed by atoms with Gasteiger partial charge in [-0.3, -0.25) is 0 Å². The first-order chi connectivity index (χ1) is 6.77. The average molecular weight is 208 g/mol. The summed E-state index contributed by atoms with van der Waals surface area (Å²) in [5.74, 6) is 7.14. The van der Waals surface area contributed by atoms with Crippen molar-refractivity contribution in [2.75, 3.05) is 18.6 Å². The van der Waals surface area contributed by atoms with Gasteiger partial charge >= 0.3 is 0 Å². The SMILES string of the molecule is COc1ncc(N)cc1C#CCCS. The Morgan fingerprint density at radius 3 is 3.07 bits per heavy atom. The standard InChI is InChI=1S/C10H12N2OS/c1-13-10-8(4-2-3-5-14)6-9(11)7-12-10/h6-7,14H,3,5,11H2,1H3. The molecule has 2 N–H and O–H groups in total. The van der Waals surface area contributed by atoms with Crippen molar-refractivity contribution in [1.82, 2.24) is 4.98 Å². The normalized spacial score (nSPS) is 9.00. The van der Waals surface area contributed by atoms with Gasteiger partial charge in [0, 0.05) is 12.2 Å². The highest BCUT2D eigenvalue weighted by molar-refractivity contribution is 7.80. The molecule has 0 unspecified atom stereocenters. The predicted molar refractivity (Wildman–Crippen MR) is 60.5 cm³/mol. The summed E-state index contributed by atoms with van der Waals surface area (Å²) in [5, 5.41) is 0. The molecule has 1 aromatic heterocycles. The molecule has 0 bridgehead atoms. The first kappa shape index (κ1) is 10.7. The van der Waals surface area contributed by atoms with Crippen LogP contribution in [0.25, 0.3) is 0 Å². The number of hydrogen-bond donors (Lipinski definition) is 2. The zero-order valence-electron chi connectivity index (χ0n) is 7.95. The van der Waals surface area contributed by atoms with E-state index in [9.17, 15) is 0 Å². The summed E-state index contributed by atoms with van der Waals surface area (Å²) in [6, 6.07) is 1.75. The van der Waals surface area contributed by atoms with Crippen LogP contribution in [-0.2, 0) is 0 Å². The molecule has 4 heteroatoms. The molecule has 0 spiro atoms. The minimum atomic E-state index is 0.505. The molecule has 0 fully saturated rings. The van der Waals surface area contributed by atoms with Crippen molar-refractivity contribution < 1.29 is 4.74 Å². The number of nitrogen functional groups attached to an aromatic ring is 1. The summed E-state index contributed by atoms with van der Waals surface area (Å²) in [4.78, 5) is 4.01. The summed E-state index contributed by atoms with van der Waals surface area (Å²) in [5.41, 5.74) is 6.89. The molecule has 1 heterocycles. The smallest absolute Gasteiger partial charge is 0.229 e. The van der Waals surface area contributed by atoms with Crippen LogP contribution in [-0.4, -0.2) is 17.8 Å². The summed E-state index contributed by atoms with van der Waals surface area (Å²) in [7, 11) is 1.56. The molecule has 0 aromatic carbocycles. The van der Waals surface area contributed by atoms with Crippen LogP contribution >= 0.6 is 12.6 Å². The molecule has 0 aliphatic carbocycles. The second-order valence-electron chi connectivity index (χ2n) is 2.60. The number of hydrogen-bond acceptors (Lipinski definition) is 4. The lowest BCUT2D eigenvalue weighted by Crippen LogP contribution is -1.94. The third-order valence-corrected chi connectivity index (χ3v) is 1.75. The van der Waals surface area contributed by atoms with E-state index in [1.807, 2.05) is 0 Å². The van der Waals surface area contributed by atoms with Crippen LogP contribution in [0.4, 0.5) is 5.69 Å². The molecule has 0 aliphatic heterocycles. The van der Waals surface area contributed by atoms with Crippen molar-refractivity contribution in [1.29, 1.82) is 0 Å². The maximum atomic E-state index is 5.59. The van der Waals surface area contributed by atoms with Crippen molar-refractivity contribution in [3.63, 3.8) is 0 Å². The van der Waals surface area contributed by atoms with E-state index in [4.69, 9.17) is 10.5 Å². The molecular weight excluding hydrogens is 196 g/mol. The fourth-order valence-electron chi connectivity index (χ4n) is 0.934. The number of aromatic nitrogens is 1. The minimum Gasteiger partial charge on any atom is -0.480 e. The van der Waals surface area contributed by atoms with Crippen LogP contribution in [0.3, 0.4) is 0 Å². The summed E-state index contributed by atoms with van der Waals surface area (Å²) in [6.07, 6.45) is 2.28. The van der Waals surface area contributed by atoms with Crippen molar-refractivity contribution in [3.8, 4) is 17.7 Å². The van der Waals surface area contributed by atoms with Gasteiger partial charge in [-0.05, 0) is 6.07 Å². The molecule has 0 saturated carbocycles. The van der Waals surface area contributed by atoms with Gasteiger partial charge in [-0.25, -0.2) is 4.98 Å². The van der Waals surface area contributed by atoms with Crippen molar-refractivity contribution >= 4 is 18.3 Å². The highest BCUT2D eigenvalue weighted by Crippen LogP contribution is 2.15. The van der Waals surface area contributed by atoms with Crippen LogP contribution < -0.4 is 10.5 Å². The molecule has 3 nitrogen and oxygen atoms in total. The maximum Gasteiger partial charge on any atom is 0.229 e. The molecule has 0 radical (unpaired) electrons. The lowest BCUT2D eigenvalue weighted by Gasteiger charge is -2.01. The van der Waals surface area contributed by atoms with Crippen molar-refractivity contribution in [2.45, 2.75) is 6.42 Å². The lowest BCUT2D eigenvalue weighted by molar-refractivity contribution is 0.397. The van der Waals surface area contributed by atoms with E-state index in [0.29, 0.717) is 17.1 Å². The number of anilines is 1. The minimum absolute atomic E-state index is 0.505. The number of nitrogens with two attached hydrogens (primary N) is 1. The average Bonchev–Trinajstić information content (AvgIpc) is 2.19. The van der Waals surface area contributed by atoms with E-state index < -0.39 is 0 Å². The Balaban J connectivity index is 2.94. The highest BCUT2D eigenvalue weighted by Gasteiger charge is 2.00. The second-order valence-corrected chi connectivity index (χ2v) is 3.05. The van der Waals surface area contributed by atoms with Gasteiger partial charge in [0.1, 0.15) is 0 Å². The Kier molecular flexibility index (Phi) is 4.14. The number of ether oxygens (including phenoxy) is 1. The van der Waals surface area contributed by atoms with E-state index in [1.54, 1.807) is 19.4 Å². The Labute approximate surface area is 89.1 Å². The molecule has 1 rings (SSSR count). The topological polar surface area (TPSA) is 48.1 Å². The first-order valence-electron chi connectivity index (χ1n) is 4.17. The monoisotopic (exact) mass is 208 g/mol. The van der Waals surface area contributed by atoms with E-state index in [1.165, 1.54) is 0 Å². The lowest BCUT2D eigenvalue weighted by atomic mass is 10.2. The van der Waals surface area contributed by atoms with Gasteiger partial charge in [0.15, 0.2) is 0 Å². The number of pyridine rings is 1. The molecule has 74 valence electrons. The van der Waals surface area contributed by atoms with E-state index in [2.05, 4.69) is 29.5 Å². The number of methoxy groups -OCH3 is 1. The third-order valence-electron chi connectivity index (χ3n) is 1.53. The fourth-order valence-corrected chi connectivity index (χ4v) is 1.05. The zero-order valence-corrected chi connectivity index (χ0v) is 8.84. The second kappa shape index (κ2) is 5.40. The molecule has 1 aromatic rings. The maximum absolute atomic E-state index is 5.59. The van der Waals surface area contributed by atoms with Crippen LogP contribution in [0.2, 0.25) is 0 Å². The third kappa shape index (κ3) is 2.86. The van der Waals surface area contributed by atoms with Crippen LogP contribution in [0.5, 0.6) is 5.88 Å².